The summed E-state index contributed by atoms with van der Waals surface area (Å²) in [6.45, 7) is 2.18. The molecule has 1 fully saturated rings. The third-order valence-electron chi connectivity index (χ3n) is 4.42. The Labute approximate surface area is 143 Å². The summed E-state index contributed by atoms with van der Waals surface area (Å²) in [7, 11) is -3.59. The molecule has 0 saturated carbocycles. The third-order valence-corrected chi connectivity index (χ3v) is 6.39. The van der Waals surface area contributed by atoms with Crippen LogP contribution < -0.4 is 0 Å². The van der Waals surface area contributed by atoms with E-state index in [9.17, 15) is 13.2 Å². The molecule has 0 spiro atoms. The van der Waals surface area contributed by atoms with E-state index in [1.165, 1.54) is 4.31 Å². The summed E-state index contributed by atoms with van der Waals surface area (Å²) in [6, 6.07) is 16.3. The molecule has 0 unspecified atom stereocenters. The molecule has 3 rings (SSSR count). The van der Waals surface area contributed by atoms with Crippen molar-refractivity contribution in [2.45, 2.75) is 37.1 Å². The molecule has 0 bridgehead atoms. The molecule has 1 aliphatic rings. The molecule has 1 atom stereocenters. The van der Waals surface area contributed by atoms with Crippen LogP contribution >= 0.6 is 0 Å². The van der Waals surface area contributed by atoms with Crippen LogP contribution in [0.3, 0.4) is 0 Å². The maximum Gasteiger partial charge on any atom is 0.243 e. The first kappa shape index (κ1) is 16.9. The lowest BCUT2D eigenvalue weighted by atomic mass is 9.97. The molecule has 126 valence electrons. The molecular formula is C19H21NO3S. The molecule has 1 heterocycles. The minimum Gasteiger partial charge on any atom is -0.300 e. The summed E-state index contributed by atoms with van der Waals surface area (Å²) in [5, 5.41) is 0. The van der Waals surface area contributed by atoms with Gasteiger partial charge in [0.1, 0.15) is 5.78 Å². The number of rotatable bonds is 4. The van der Waals surface area contributed by atoms with Gasteiger partial charge >= 0.3 is 0 Å². The first-order chi connectivity index (χ1) is 11.5. The number of benzene rings is 2. The maximum atomic E-state index is 13.0. The molecular weight excluding hydrogens is 322 g/mol. The molecule has 0 aromatic heterocycles. The van der Waals surface area contributed by atoms with Crippen molar-refractivity contribution in [1.29, 1.82) is 0 Å². The number of carbonyl (C=O) groups excluding carboxylic acids is 1. The van der Waals surface area contributed by atoms with Crippen molar-refractivity contribution in [3.05, 3.63) is 65.7 Å². The second-order valence-electron chi connectivity index (χ2n) is 6.27. The van der Waals surface area contributed by atoms with Crippen molar-refractivity contribution in [2.75, 3.05) is 6.54 Å². The van der Waals surface area contributed by atoms with Crippen LogP contribution in [0.2, 0.25) is 0 Å². The highest BCUT2D eigenvalue weighted by Crippen LogP contribution is 2.26. The third kappa shape index (κ3) is 3.57. The lowest BCUT2D eigenvalue weighted by Crippen LogP contribution is -2.47. The molecule has 0 amide bonds. The smallest absolute Gasteiger partial charge is 0.243 e. The summed E-state index contributed by atoms with van der Waals surface area (Å²) in [5.74, 6) is 0.131. The SMILES string of the molecule is Cc1ccc(S(=O)(=O)N2CCC(=O)C[C@@H]2Cc2ccccc2)cc1. The summed E-state index contributed by atoms with van der Waals surface area (Å²) in [6.07, 6.45) is 1.12. The molecule has 1 aliphatic heterocycles. The molecule has 0 N–H and O–H groups in total. The van der Waals surface area contributed by atoms with Gasteiger partial charge in [-0.15, -0.1) is 0 Å². The van der Waals surface area contributed by atoms with Gasteiger partial charge < -0.3 is 0 Å². The van der Waals surface area contributed by atoms with E-state index in [2.05, 4.69) is 0 Å². The van der Waals surface area contributed by atoms with E-state index in [0.29, 0.717) is 11.3 Å². The van der Waals surface area contributed by atoms with E-state index in [0.717, 1.165) is 11.1 Å². The average molecular weight is 343 g/mol. The Kier molecular flexibility index (Phi) is 4.83. The molecule has 1 saturated heterocycles. The monoisotopic (exact) mass is 343 g/mol. The standard InChI is InChI=1S/C19H21NO3S/c1-15-7-9-19(10-8-15)24(22,23)20-12-11-18(21)14-17(20)13-16-5-3-2-4-6-16/h2-10,17H,11-14H2,1H3/t17-/m0/s1. The normalized spacial score (nSPS) is 19.4. The van der Waals surface area contributed by atoms with Gasteiger partial charge in [-0.3, -0.25) is 4.79 Å². The van der Waals surface area contributed by atoms with Gasteiger partial charge in [0.05, 0.1) is 4.90 Å². The molecule has 2 aromatic rings. The first-order valence-electron chi connectivity index (χ1n) is 8.11. The fraction of sp³-hybridized carbons (Fsp3) is 0.316. The van der Waals surface area contributed by atoms with Crippen molar-refractivity contribution in [2.24, 2.45) is 0 Å². The molecule has 2 aromatic carbocycles. The maximum absolute atomic E-state index is 13.0. The van der Waals surface area contributed by atoms with Crippen LogP contribution in [0.4, 0.5) is 0 Å². The number of hydrogen-bond donors (Lipinski definition) is 0. The van der Waals surface area contributed by atoms with Gasteiger partial charge in [0.2, 0.25) is 10.0 Å². The lowest BCUT2D eigenvalue weighted by Gasteiger charge is -2.34. The Morgan fingerprint density at radius 1 is 1.04 bits per heavy atom. The van der Waals surface area contributed by atoms with Crippen molar-refractivity contribution in [3.8, 4) is 0 Å². The highest BCUT2D eigenvalue weighted by molar-refractivity contribution is 7.89. The summed E-state index contributed by atoms with van der Waals surface area (Å²) < 4.78 is 27.5. The predicted octanol–water partition coefficient (Wildman–Crippen LogP) is 2.96. The van der Waals surface area contributed by atoms with E-state index in [4.69, 9.17) is 0 Å². The van der Waals surface area contributed by atoms with Gasteiger partial charge in [-0.05, 0) is 31.0 Å². The Morgan fingerprint density at radius 2 is 1.71 bits per heavy atom. The van der Waals surface area contributed by atoms with Crippen LogP contribution in [-0.4, -0.2) is 31.1 Å². The largest absolute Gasteiger partial charge is 0.300 e. The number of hydrogen-bond acceptors (Lipinski definition) is 3. The quantitative estimate of drug-likeness (QED) is 0.858. The molecule has 0 radical (unpaired) electrons. The van der Waals surface area contributed by atoms with Crippen molar-refractivity contribution >= 4 is 15.8 Å². The van der Waals surface area contributed by atoms with Crippen LogP contribution in [0.1, 0.15) is 24.0 Å². The van der Waals surface area contributed by atoms with Gasteiger partial charge in [-0.25, -0.2) is 8.42 Å². The predicted molar refractivity (Wildman–Crippen MR) is 93.2 cm³/mol. The van der Waals surface area contributed by atoms with Gasteiger partial charge in [0, 0.05) is 25.4 Å². The minimum absolute atomic E-state index is 0.131. The van der Waals surface area contributed by atoms with Crippen LogP contribution in [-0.2, 0) is 21.2 Å². The number of ketones is 1. The Morgan fingerprint density at radius 3 is 2.38 bits per heavy atom. The number of Topliss-reactive ketones (excluding diaryl/α,β-unsaturated/α-hetero) is 1. The van der Waals surface area contributed by atoms with Crippen molar-refractivity contribution < 1.29 is 13.2 Å². The van der Waals surface area contributed by atoms with E-state index in [-0.39, 0.29) is 31.2 Å². The zero-order chi connectivity index (χ0) is 17.2. The van der Waals surface area contributed by atoms with Crippen LogP contribution in [0, 0.1) is 6.92 Å². The summed E-state index contributed by atoms with van der Waals surface area (Å²) in [4.78, 5) is 12.2. The number of nitrogens with zero attached hydrogens (tertiary/aromatic N) is 1. The fourth-order valence-electron chi connectivity index (χ4n) is 3.11. The van der Waals surface area contributed by atoms with Gasteiger partial charge in [-0.1, -0.05) is 48.0 Å². The van der Waals surface area contributed by atoms with Gasteiger partial charge in [0.15, 0.2) is 0 Å². The van der Waals surface area contributed by atoms with Crippen LogP contribution in [0.25, 0.3) is 0 Å². The summed E-state index contributed by atoms with van der Waals surface area (Å²) in [5.41, 5.74) is 2.06. The number of aryl methyl sites for hydroxylation is 1. The van der Waals surface area contributed by atoms with Gasteiger partial charge in [-0.2, -0.15) is 4.31 Å². The van der Waals surface area contributed by atoms with Crippen molar-refractivity contribution in [1.82, 2.24) is 4.31 Å². The highest BCUT2D eigenvalue weighted by atomic mass is 32.2. The molecule has 24 heavy (non-hydrogen) atoms. The molecule has 5 heteroatoms. The van der Waals surface area contributed by atoms with E-state index < -0.39 is 10.0 Å². The van der Waals surface area contributed by atoms with E-state index in [1.807, 2.05) is 37.3 Å². The van der Waals surface area contributed by atoms with E-state index >= 15 is 0 Å². The average Bonchev–Trinajstić information content (AvgIpc) is 2.56. The van der Waals surface area contributed by atoms with Crippen LogP contribution in [0.5, 0.6) is 0 Å². The van der Waals surface area contributed by atoms with Crippen LogP contribution in [0.15, 0.2) is 59.5 Å². The summed E-state index contributed by atoms with van der Waals surface area (Å²) >= 11 is 0. The second-order valence-corrected chi connectivity index (χ2v) is 8.16. The molecule has 0 aliphatic carbocycles. The zero-order valence-corrected chi connectivity index (χ0v) is 14.5. The number of sulfonamides is 1. The minimum atomic E-state index is -3.59. The highest BCUT2D eigenvalue weighted by Gasteiger charge is 2.36. The Bertz CT molecular complexity index is 813. The first-order valence-corrected chi connectivity index (χ1v) is 9.55. The van der Waals surface area contributed by atoms with Crippen molar-refractivity contribution in [3.63, 3.8) is 0 Å². The van der Waals surface area contributed by atoms with Gasteiger partial charge in [0.25, 0.3) is 0 Å². The lowest BCUT2D eigenvalue weighted by molar-refractivity contribution is -0.121. The zero-order valence-electron chi connectivity index (χ0n) is 13.7. The number of piperidine rings is 1. The number of carbonyl (C=O) groups is 1. The Hall–Kier alpha value is -1.98. The van der Waals surface area contributed by atoms with E-state index in [1.54, 1.807) is 24.3 Å². The fourth-order valence-corrected chi connectivity index (χ4v) is 4.73. The second kappa shape index (κ2) is 6.87. The topological polar surface area (TPSA) is 54.5 Å². The Balaban J connectivity index is 1.90. The molecule has 4 nitrogen and oxygen atoms in total.